The number of likely N-dealkylation sites (N-methyl/N-ethyl adjacent to an activating group) is 1. The van der Waals surface area contributed by atoms with Gasteiger partial charge >= 0.3 is 0 Å². The molecule has 0 saturated carbocycles. The maximum atomic E-state index is 13.5. The molecule has 31 heavy (non-hydrogen) atoms. The topological polar surface area (TPSA) is 91.7 Å². The van der Waals surface area contributed by atoms with Crippen LogP contribution in [-0.4, -0.2) is 49.9 Å². The molecule has 2 N–H and O–H groups in total. The van der Waals surface area contributed by atoms with Crippen LogP contribution in [0.2, 0.25) is 5.02 Å². The number of hydrogen-bond acceptors (Lipinski definition) is 7. The van der Waals surface area contributed by atoms with Gasteiger partial charge in [-0.1, -0.05) is 11.6 Å². The molecule has 0 amide bonds. The van der Waals surface area contributed by atoms with Crippen molar-refractivity contribution >= 4 is 50.1 Å². The van der Waals surface area contributed by atoms with Crippen molar-refractivity contribution < 1.29 is 0 Å². The average molecular weight is 456 g/mol. The van der Waals surface area contributed by atoms with Gasteiger partial charge in [-0.25, -0.2) is 4.98 Å². The predicted octanol–water partition coefficient (Wildman–Crippen LogP) is 3.22. The Labute approximate surface area is 187 Å². The standard InChI is InChI=1S/C21H22ClN7OS/c1-9-24-12-6-5-11(16(22)18(12)31-9)17-15-19(27-26-17)25-21(28(3)20(15)30)29-10-4-7-14(29)13(8-10)23-2/h5-6,10,13-14,23H,4,7-8H2,1-3H3,(H,26,27)/t10-,13+,14?/m0/s1. The number of halogens is 1. The molecule has 1 aromatic carbocycles. The Morgan fingerprint density at radius 1 is 1.29 bits per heavy atom. The van der Waals surface area contributed by atoms with E-state index >= 15 is 0 Å². The number of H-pyrrole nitrogens is 1. The molecule has 2 saturated heterocycles. The number of nitrogens with zero attached hydrogens (tertiary/aromatic N) is 5. The van der Waals surface area contributed by atoms with E-state index in [0.29, 0.717) is 51.4 Å². The number of fused-ring (bicyclic) bond motifs is 4. The Morgan fingerprint density at radius 3 is 2.90 bits per heavy atom. The highest BCUT2D eigenvalue weighted by atomic mass is 35.5. The zero-order valence-electron chi connectivity index (χ0n) is 17.4. The summed E-state index contributed by atoms with van der Waals surface area (Å²) in [5.41, 5.74) is 2.48. The second kappa shape index (κ2) is 6.75. The Kier molecular flexibility index (Phi) is 4.19. The summed E-state index contributed by atoms with van der Waals surface area (Å²) in [7, 11) is 3.80. The van der Waals surface area contributed by atoms with E-state index in [9.17, 15) is 4.79 Å². The molecule has 0 aliphatic carbocycles. The van der Waals surface area contributed by atoms with E-state index in [1.807, 2.05) is 26.1 Å². The first kappa shape index (κ1) is 19.2. The number of benzene rings is 1. The van der Waals surface area contributed by atoms with Gasteiger partial charge in [0, 0.05) is 30.7 Å². The molecule has 160 valence electrons. The Morgan fingerprint density at radius 2 is 2.13 bits per heavy atom. The number of aryl methyl sites for hydroxylation is 1. The molecule has 3 aromatic heterocycles. The molecule has 2 aliphatic rings. The number of anilines is 1. The second-order valence-electron chi connectivity index (χ2n) is 8.42. The van der Waals surface area contributed by atoms with Gasteiger partial charge in [0.2, 0.25) is 5.95 Å². The minimum atomic E-state index is -0.118. The largest absolute Gasteiger partial charge is 0.335 e. The highest BCUT2D eigenvalue weighted by molar-refractivity contribution is 7.19. The number of rotatable bonds is 3. The molecule has 2 aliphatic heterocycles. The molecule has 2 fully saturated rings. The van der Waals surface area contributed by atoms with Gasteiger partial charge in [0.25, 0.3) is 5.56 Å². The van der Waals surface area contributed by atoms with Gasteiger partial charge in [-0.05, 0) is 45.4 Å². The maximum Gasteiger partial charge on any atom is 0.266 e. The smallest absolute Gasteiger partial charge is 0.266 e. The van der Waals surface area contributed by atoms with Crippen molar-refractivity contribution in [1.82, 2.24) is 30.0 Å². The zero-order chi connectivity index (χ0) is 21.4. The van der Waals surface area contributed by atoms with Crippen molar-refractivity contribution in [1.29, 1.82) is 0 Å². The normalized spacial score (nSPS) is 23.0. The van der Waals surface area contributed by atoms with Gasteiger partial charge in [0.15, 0.2) is 5.65 Å². The van der Waals surface area contributed by atoms with Crippen LogP contribution in [0.3, 0.4) is 0 Å². The van der Waals surface area contributed by atoms with Crippen LogP contribution in [0.25, 0.3) is 32.5 Å². The average Bonchev–Trinajstić information content (AvgIpc) is 3.52. The van der Waals surface area contributed by atoms with Crippen molar-refractivity contribution in [2.75, 3.05) is 11.9 Å². The van der Waals surface area contributed by atoms with E-state index in [0.717, 1.165) is 34.5 Å². The van der Waals surface area contributed by atoms with Gasteiger partial charge in [-0.2, -0.15) is 10.1 Å². The molecular formula is C21H22ClN7OS. The number of thiazole rings is 1. The quantitative estimate of drug-likeness (QED) is 0.492. The lowest BCUT2D eigenvalue weighted by Gasteiger charge is -2.26. The number of aromatic nitrogens is 5. The molecule has 2 bridgehead atoms. The lowest BCUT2D eigenvalue weighted by atomic mass is 9.96. The first-order valence-corrected chi connectivity index (χ1v) is 11.6. The maximum absolute atomic E-state index is 13.5. The minimum Gasteiger partial charge on any atom is -0.335 e. The van der Waals surface area contributed by atoms with E-state index in [2.05, 4.69) is 25.4 Å². The number of nitrogens with one attached hydrogen (secondary N) is 2. The van der Waals surface area contributed by atoms with Gasteiger partial charge in [0.1, 0.15) is 11.1 Å². The van der Waals surface area contributed by atoms with E-state index < -0.39 is 0 Å². The van der Waals surface area contributed by atoms with Crippen molar-refractivity contribution in [2.45, 2.75) is 44.3 Å². The summed E-state index contributed by atoms with van der Waals surface area (Å²) >= 11 is 8.26. The lowest BCUT2D eigenvalue weighted by Crippen LogP contribution is -2.41. The SMILES string of the molecule is CN[C@@H]1C[C@@H]2CCC1N2c1nc2[nH]nc(-c3ccc4nc(C)sc4c3Cl)c2c(=O)n1C. The van der Waals surface area contributed by atoms with Crippen LogP contribution in [-0.2, 0) is 7.05 Å². The zero-order valence-corrected chi connectivity index (χ0v) is 19.0. The Bertz CT molecular complexity index is 1410. The monoisotopic (exact) mass is 455 g/mol. The van der Waals surface area contributed by atoms with Crippen molar-refractivity contribution in [2.24, 2.45) is 7.05 Å². The minimum absolute atomic E-state index is 0.118. The van der Waals surface area contributed by atoms with E-state index in [4.69, 9.17) is 16.6 Å². The first-order chi connectivity index (χ1) is 15.0. The van der Waals surface area contributed by atoms with Gasteiger partial charge < -0.3 is 10.2 Å². The molecule has 4 aromatic rings. The summed E-state index contributed by atoms with van der Waals surface area (Å²) in [6, 6.07) is 5.00. The molecule has 0 radical (unpaired) electrons. The predicted molar refractivity (Wildman–Crippen MR) is 124 cm³/mol. The van der Waals surface area contributed by atoms with Crippen LogP contribution in [0.1, 0.15) is 24.3 Å². The summed E-state index contributed by atoms with van der Waals surface area (Å²) in [6.07, 6.45) is 3.32. The fraction of sp³-hybridized carbons (Fsp3) is 0.429. The van der Waals surface area contributed by atoms with Crippen LogP contribution in [0, 0.1) is 6.92 Å². The second-order valence-corrected chi connectivity index (χ2v) is 10.00. The van der Waals surface area contributed by atoms with Gasteiger partial charge in [0.05, 0.1) is 20.2 Å². The lowest BCUT2D eigenvalue weighted by molar-refractivity contribution is 0.445. The molecule has 5 heterocycles. The summed E-state index contributed by atoms with van der Waals surface area (Å²) < 4.78 is 2.56. The molecule has 3 atom stereocenters. The van der Waals surface area contributed by atoms with E-state index in [1.54, 1.807) is 11.6 Å². The summed E-state index contributed by atoms with van der Waals surface area (Å²) in [4.78, 5) is 25.2. The summed E-state index contributed by atoms with van der Waals surface area (Å²) in [6.45, 7) is 1.95. The highest BCUT2D eigenvalue weighted by Gasteiger charge is 2.47. The van der Waals surface area contributed by atoms with Crippen LogP contribution in [0.5, 0.6) is 0 Å². The number of hydrogen-bond donors (Lipinski definition) is 2. The summed E-state index contributed by atoms with van der Waals surface area (Å²) in [5.74, 6) is 0.706. The molecule has 10 heteroatoms. The molecule has 1 unspecified atom stereocenters. The summed E-state index contributed by atoms with van der Waals surface area (Å²) in [5, 5.41) is 12.8. The highest BCUT2D eigenvalue weighted by Crippen LogP contribution is 2.41. The molecule has 0 spiro atoms. The number of aromatic amines is 1. The van der Waals surface area contributed by atoms with Crippen LogP contribution < -0.4 is 15.8 Å². The third-order valence-electron chi connectivity index (χ3n) is 6.78. The van der Waals surface area contributed by atoms with Crippen molar-refractivity contribution in [3.8, 4) is 11.3 Å². The van der Waals surface area contributed by atoms with Crippen molar-refractivity contribution in [3.63, 3.8) is 0 Å². The Hall–Kier alpha value is -2.49. The third-order valence-corrected chi connectivity index (χ3v) is 8.28. The molecule has 8 nitrogen and oxygen atoms in total. The van der Waals surface area contributed by atoms with Crippen LogP contribution >= 0.6 is 22.9 Å². The fourth-order valence-corrected chi connectivity index (χ4v) is 6.56. The van der Waals surface area contributed by atoms with Crippen molar-refractivity contribution in [3.05, 3.63) is 32.5 Å². The van der Waals surface area contributed by atoms with Crippen LogP contribution in [0.4, 0.5) is 5.95 Å². The van der Waals surface area contributed by atoms with Crippen LogP contribution in [0.15, 0.2) is 16.9 Å². The third kappa shape index (κ3) is 2.63. The Balaban J connectivity index is 1.52. The fourth-order valence-electron chi connectivity index (χ4n) is 5.34. The van der Waals surface area contributed by atoms with E-state index in [1.165, 1.54) is 11.3 Å². The van der Waals surface area contributed by atoms with E-state index in [-0.39, 0.29) is 5.56 Å². The van der Waals surface area contributed by atoms with Gasteiger partial charge in [-0.15, -0.1) is 11.3 Å². The van der Waals surface area contributed by atoms with Gasteiger partial charge in [-0.3, -0.25) is 14.5 Å². The molecular weight excluding hydrogens is 434 g/mol. The first-order valence-electron chi connectivity index (χ1n) is 10.4. The molecule has 6 rings (SSSR count).